The van der Waals surface area contributed by atoms with E-state index in [0.717, 1.165) is 5.92 Å². The van der Waals surface area contributed by atoms with Crippen LogP contribution in [0.2, 0.25) is 0 Å². The van der Waals surface area contributed by atoms with Gasteiger partial charge in [-0.1, -0.05) is 46.6 Å². The fourth-order valence-electron chi connectivity index (χ4n) is 3.04. The van der Waals surface area contributed by atoms with Crippen LogP contribution in [0.15, 0.2) is 42.5 Å². The van der Waals surface area contributed by atoms with Gasteiger partial charge in [-0.05, 0) is 42.5 Å². The van der Waals surface area contributed by atoms with Gasteiger partial charge in [0.25, 0.3) is 0 Å². The van der Waals surface area contributed by atoms with E-state index < -0.39 is 0 Å². The number of fused-ring (bicyclic) bond motifs is 3. The van der Waals surface area contributed by atoms with E-state index in [4.69, 9.17) is 0 Å². The number of aromatic amines is 1. The summed E-state index contributed by atoms with van der Waals surface area (Å²) in [5, 5.41) is 2.67. The van der Waals surface area contributed by atoms with E-state index >= 15 is 0 Å². The lowest BCUT2D eigenvalue weighted by Gasteiger charge is -2.30. The Morgan fingerprint density at radius 1 is 1.00 bits per heavy atom. The maximum absolute atomic E-state index is 3.89. The largest absolute Gasteiger partial charge is 0.355 e. The molecule has 96 valence electrons. The van der Waals surface area contributed by atoms with Gasteiger partial charge in [0.05, 0.1) is 0 Å². The molecule has 0 saturated heterocycles. The molecule has 0 aliphatic heterocycles. The van der Waals surface area contributed by atoms with E-state index in [9.17, 15) is 0 Å². The van der Waals surface area contributed by atoms with E-state index in [0.29, 0.717) is 4.83 Å². The molecule has 2 heteroatoms. The number of benzene rings is 2. The van der Waals surface area contributed by atoms with Crippen molar-refractivity contribution < 1.29 is 0 Å². The van der Waals surface area contributed by atoms with Gasteiger partial charge in [-0.25, -0.2) is 0 Å². The Hall–Kier alpha value is -1.28. The third kappa shape index (κ3) is 1.81. The van der Waals surface area contributed by atoms with E-state index in [2.05, 4.69) is 63.4 Å². The molecule has 1 unspecified atom stereocenters. The molecule has 0 amide bonds. The summed E-state index contributed by atoms with van der Waals surface area (Å²) in [4.78, 5) is 4.00. The first-order valence-corrected chi connectivity index (χ1v) is 7.89. The number of rotatable bonds is 2. The summed E-state index contributed by atoms with van der Waals surface area (Å²) in [6.45, 7) is 0. The first-order chi connectivity index (χ1) is 9.33. The van der Waals surface area contributed by atoms with Gasteiger partial charge in [0.1, 0.15) is 0 Å². The van der Waals surface area contributed by atoms with Crippen LogP contribution < -0.4 is 0 Å². The summed E-state index contributed by atoms with van der Waals surface area (Å²) in [5.41, 5.74) is 3.88. The molecule has 1 heterocycles. The molecule has 0 spiro atoms. The number of hydrogen-bond acceptors (Lipinski definition) is 0. The van der Waals surface area contributed by atoms with Gasteiger partial charge in [-0.3, -0.25) is 0 Å². The summed E-state index contributed by atoms with van der Waals surface area (Å²) in [6, 6.07) is 15.4. The number of halogens is 1. The Morgan fingerprint density at radius 2 is 1.79 bits per heavy atom. The van der Waals surface area contributed by atoms with Gasteiger partial charge in [0.15, 0.2) is 0 Å². The van der Waals surface area contributed by atoms with Gasteiger partial charge in [0, 0.05) is 26.6 Å². The van der Waals surface area contributed by atoms with Crippen LogP contribution in [0.3, 0.4) is 0 Å². The van der Waals surface area contributed by atoms with Crippen molar-refractivity contribution in [3.05, 3.63) is 48.0 Å². The predicted molar refractivity (Wildman–Crippen MR) is 84.8 cm³/mol. The molecule has 1 aromatic heterocycles. The molecule has 1 atom stereocenters. The maximum atomic E-state index is 3.89. The Kier molecular flexibility index (Phi) is 2.66. The topological polar surface area (TPSA) is 15.8 Å². The number of H-pyrrole nitrogens is 1. The van der Waals surface area contributed by atoms with Crippen molar-refractivity contribution in [2.45, 2.75) is 24.1 Å². The molecule has 2 aromatic carbocycles. The molecule has 1 saturated carbocycles. The minimum absolute atomic E-state index is 0.513. The standard InChI is InChI=1S/C17H16BrN/c18-17(11-4-3-5-11)12-8-9-16-14(10-12)13-6-1-2-7-15(13)19-16/h1-2,6-11,17,19H,3-5H2. The van der Waals surface area contributed by atoms with Crippen molar-refractivity contribution in [1.82, 2.24) is 4.98 Å². The molecule has 0 radical (unpaired) electrons. The molecular weight excluding hydrogens is 298 g/mol. The average Bonchev–Trinajstić information content (AvgIpc) is 2.74. The first-order valence-electron chi connectivity index (χ1n) is 6.97. The van der Waals surface area contributed by atoms with Crippen molar-refractivity contribution in [2.75, 3.05) is 0 Å². The van der Waals surface area contributed by atoms with Crippen LogP contribution in [0, 0.1) is 5.92 Å². The third-order valence-electron chi connectivity index (χ3n) is 4.41. The molecule has 0 bridgehead atoms. The molecule has 19 heavy (non-hydrogen) atoms. The molecule has 4 rings (SSSR count). The fraction of sp³-hybridized carbons (Fsp3) is 0.294. The fourth-order valence-corrected chi connectivity index (χ4v) is 3.86. The van der Waals surface area contributed by atoms with E-state index in [1.807, 2.05) is 0 Å². The summed E-state index contributed by atoms with van der Waals surface area (Å²) in [6.07, 6.45) is 4.12. The summed E-state index contributed by atoms with van der Waals surface area (Å²) < 4.78 is 0. The highest BCUT2D eigenvalue weighted by atomic mass is 79.9. The minimum Gasteiger partial charge on any atom is -0.355 e. The maximum Gasteiger partial charge on any atom is 0.0465 e. The lowest BCUT2D eigenvalue weighted by molar-refractivity contribution is 0.312. The normalized spacial score (nSPS) is 17.7. The Balaban J connectivity index is 1.87. The second kappa shape index (κ2) is 4.38. The van der Waals surface area contributed by atoms with Gasteiger partial charge in [0.2, 0.25) is 0 Å². The van der Waals surface area contributed by atoms with Gasteiger partial charge in [-0.15, -0.1) is 0 Å². The molecule has 1 aliphatic carbocycles. The summed E-state index contributed by atoms with van der Waals surface area (Å²) in [7, 11) is 0. The first kappa shape index (κ1) is 11.5. The van der Waals surface area contributed by atoms with Crippen LogP contribution in [0.25, 0.3) is 21.8 Å². The molecule has 1 N–H and O–H groups in total. The monoisotopic (exact) mass is 313 g/mol. The smallest absolute Gasteiger partial charge is 0.0465 e. The second-order valence-corrected chi connectivity index (χ2v) is 6.55. The molecular formula is C17H16BrN. The predicted octanol–water partition coefficient (Wildman–Crippen LogP) is 5.56. The second-order valence-electron chi connectivity index (χ2n) is 5.57. The zero-order valence-corrected chi connectivity index (χ0v) is 12.3. The SMILES string of the molecule is BrC(c1ccc2[nH]c3ccccc3c2c1)C1CCC1. The van der Waals surface area contributed by atoms with Crippen LogP contribution in [0.5, 0.6) is 0 Å². The Bertz CT molecular complexity index is 739. The number of para-hydroxylation sites is 1. The van der Waals surface area contributed by atoms with Gasteiger partial charge in [-0.2, -0.15) is 0 Å². The number of nitrogens with one attached hydrogen (secondary N) is 1. The summed E-state index contributed by atoms with van der Waals surface area (Å²) in [5.74, 6) is 0.822. The highest BCUT2D eigenvalue weighted by molar-refractivity contribution is 9.09. The van der Waals surface area contributed by atoms with Crippen LogP contribution in [0.1, 0.15) is 29.7 Å². The molecule has 1 nitrogen and oxygen atoms in total. The Morgan fingerprint density at radius 3 is 2.58 bits per heavy atom. The van der Waals surface area contributed by atoms with Crippen molar-refractivity contribution in [3.63, 3.8) is 0 Å². The van der Waals surface area contributed by atoms with Gasteiger partial charge >= 0.3 is 0 Å². The number of alkyl halides is 1. The average molecular weight is 314 g/mol. The summed E-state index contributed by atoms with van der Waals surface area (Å²) >= 11 is 3.89. The quantitative estimate of drug-likeness (QED) is 0.596. The van der Waals surface area contributed by atoms with E-state index in [-0.39, 0.29) is 0 Å². The van der Waals surface area contributed by atoms with Crippen molar-refractivity contribution in [1.29, 1.82) is 0 Å². The van der Waals surface area contributed by atoms with E-state index in [1.54, 1.807) is 0 Å². The third-order valence-corrected chi connectivity index (χ3v) is 5.69. The number of hydrogen-bond donors (Lipinski definition) is 1. The zero-order chi connectivity index (χ0) is 12.8. The Labute approximate surface area is 121 Å². The molecule has 3 aromatic rings. The zero-order valence-electron chi connectivity index (χ0n) is 10.7. The van der Waals surface area contributed by atoms with Crippen molar-refractivity contribution in [3.8, 4) is 0 Å². The minimum atomic E-state index is 0.513. The highest BCUT2D eigenvalue weighted by Crippen LogP contribution is 2.43. The van der Waals surface area contributed by atoms with Crippen molar-refractivity contribution in [2.24, 2.45) is 5.92 Å². The molecule has 1 fully saturated rings. The van der Waals surface area contributed by atoms with Crippen LogP contribution >= 0.6 is 15.9 Å². The molecule has 1 aliphatic rings. The lowest BCUT2D eigenvalue weighted by atomic mass is 9.80. The highest BCUT2D eigenvalue weighted by Gasteiger charge is 2.26. The van der Waals surface area contributed by atoms with Crippen molar-refractivity contribution >= 4 is 37.7 Å². The number of aromatic nitrogens is 1. The van der Waals surface area contributed by atoms with Crippen LogP contribution in [-0.2, 0) is 0 Å². The van der Waals surface area contributed by atoms with Gasteiger partial charge < -0.3 is 4.98 Å². The van der Waals surface area contributed by atoms with Crippen LogP contribution in [-0.4, -0.2) is 4.98 Å². The van der Waals surface area contributed by atoms with Crippen LogP contribution in [0.4, 0.5) is 0 Å². The lowest BCUT2D eigenvalue weighted by Crippen LogP contribution is -2.16. The van der Waals surface area contributed by atoms with E-state index in [1.165, 1.54) is 46.6 Å².